The fraction of sp³-hybridized carbons (Fsp3) is 0.0625. The Kier molecular flexibility index (Phi) is 4.77. The summed E-state index contributed by atoms with van der Waals surface area (Å²) in [6, 6.07) is 8.25. The molecular weight excluding hydrogens is 352 g/mol. The van der Waals surface area contributed by atoms with Crippen LogP contribution in [0.2, 0.25) is 0 Å². The van der Waals surface area contributed by atoms with E-state index in [1.165, 1.54) is 6.07 Å². The second kappa shape index (κ2) is 6.46. The number of anilines is 1. The molecule has 124 valence electrons. The van der Waals surface area contributed by atoms with Crippen LogP contribution >= 0.6 is 23.7 Å². The Labute approximate surface area is 146 Å². The molecule has 0 radical (unpaired) electrons. The van der Waals surface area contributed by atoms with Gasteiger partial charge in [-0.1, -0.05) is 29.8 Å². The molecule has 8 heteroatoms. The number of rotatable bonds is 3. The summed E-state index contributed by atoms with van der Waals surface area (Å²) in [7, 11) is 0. The molecule has 0 saturated heterocycles. The largest absolute Gasteiger partial charge is 0.477 e. The lowest BCUT2D eigenvalue weighted by atomic mass is 10.1. The molecule has 0 unspecified atom stereocenters. The molecule has 2 aromatic heterocycles. The Hall–Kier alpha value is -2.64. The molecule has 3 aromatic rings. The molecule has 0 atom stereocenters. The number of aromatic nitrogens is 1. The molecule has 3 rings (SSSR count). The first kappa shape index (κ1) is 17.7. The molecule has 0 bridgehead atoms. The number of hydrogen-bond acceptors (Lipinski definition) is 5. The van der Waals surface area contributed by atoms with E-state index < -0.39 is 17.1 Å². The number of aryl methyl sites for hydroxylation is 1. The Balaban J connectivity index is 0.00000208. The van der Waals surface area contributed by atoms with Gasteiger partial charge in [-0.15, -0.1) is 23.7 Å². The second-order valence-corrected chi connectivity index (χ2v) is 6.12. The first-order valence-electron chi connectivity index (χ1n) is 6.68. The number of carbonyl (C=O) groups excluding carboxylic acids is 1. The molecule has 0 spiro atoms. The third kappa shape index (κ3) is 2.91. The summed E-state index contributed by atoms with van der Waals surface area (Å²) >= 11 is 1.04. The van der Waals surface area contributed by atoms with Gasteiger partial charge in [0, 0.05) is 10.9 Å². The highest BCUT2D eigenvalue weighted by Gasteiger charge is 2.20. The van der Waals surface area contributed by atoms with E-state index >= 15 is 0 Å². The molecule has 0 amide bonds. The minimum absolute atomic E-state index is 0. The number of hydrogen-bond donors (Lipinski definition) is 3. The molecule has 1 aromatic carbocycles. The molecule has 0 aliphatic heterocycles. The number of fused-ring (bicyclic) bond motifs is 1. The minimum Gasteiger partial charge on any atom is -0.477 e. The third-order valence-corrected chi connectivity index (χ3v) is 4.63. The van der Waals surface area contributed by atoms with Gasteiger partial charge >= 0.3 is 5.97 Å². The van der Waals surface area contributed by atoms with Gasteiger partial charge < -0.3 is 15.8 Å². The Morgan fingerprint density at radius 1 is 1.21 bits per heavy atom. The fourth-order valence-corrected chi connectivity index (χ4v) is 3.29. The van der Waals surface area contributed by atoms with Crippen molar-refractivity contribution in [2.75, 3.05) is 5.73 Å². The molecule has 0 aliphatic carbocycles. The lowest BCUT2D eigenvalue weighted by molar-refractivity contribution is 0.0695. The quantitative estimate of drug-likeness (QED) is 0.618. The summed E-state index contributed by atoms with van der Waals surface area (Å²) in [6.45, 7) is 1.92. The monoisotopic (exact) mass is 364 g/mol. The topological polar surface area (TPSA) is 113 Å². The highest BCUT2D eigenvalue weighted by molar-refractivity contribution is 7.21. The van der Waals surface area contributed by atoms with E-state index in [2.05, 4.69) is 4.98 Å². The zero-order valence-corrected chi connectivity index (χ0v) is 14.1. The third-order valence-electron chi connectivity index (χ3n) is 3.49. The predicted octanol–water partition coefficient (Wildman–Crippen LogP) is 2.83. The van der Waals surface area contributed by atoms with Crippen LogP contribution in [0.25, 0.3) is 10.2 Å². The van der Waals surface area contributed by atoms with E-state index in [1.807, 2.05) is 19.1 Å². The summed E-state index contributed by atoms with van der Waals surface area (Å²) in [6.07, 6.45) is 0. The normalized spacial score (nSPS) is 10.4. The first-order valence-corrected chi connectivity index (χ1v) is 7.50. The number of ketones is 1. The number of pyridine rings is 1. The number of aromatic amines is 1. The maximum Gasteiger partial charge on any atom is 0.341 e. The van der Waals surface area contributed by atoms with Gasteiger partial charge in [0.1, 0.15) is 15.3 Å². The summed E-state index contributed by atoms with van der Waals surface area (Å²) in [5.74, 6) is -1.61. The number of nitrogens with two attached hydrogens (primary N) is 1. The number of halogens is 1. The number of carboxylic acid groups (broad SMARTS) is 1. The van der Waals surface area contributed by atoms with Crippen molar-refractivity contribution in [3.63, 3.8) is 0 Å². The Bertz CT molecular complexity index is 1010. The van der Waals surface area contributed by atoms with Crippen molar-refractivity contribution in [2.45, 2.75) is 6.92 Å². The van der Waals surface area contributed by atoms with Crippen molar-refractivity contribution < 1.29 is 14.7 Å². The standard InChI is InChI=1S/C16H12N2O4S.ClH/c1-7-2-4-8(5-3-7)12(19)13-11(17)9-6-10(16(21)22)14(20)18-15(9)23-13;/h2-6H,17H2,1H3,(H,18,20)(H,21,22);1H. The number of H-pyrrole nitrogens is 1. The summed E-state index contributed by atoms with van der Waals surface area (Å²) < 4.78 is 0. The van der Waals surface area contributed by atoms with Crippen LogP contribution < -0.4 is 11.3 Å². The lowest BCUT2D eigenvalue weighted by Crippen LogP contribution is -2.16. The van der Waals surface area contributed by atoms with Crippen LogP contribution in [0.1, 0.15) is 31.2 Å². The predicted molar refractivity (Wildman–Crippen MR) is 95.7 cm³/mol. The number of carbonyl (C=O) groups is 2. The van der Waals surface area contributed by atoms with E-state index in [0.29, 0.717) is 15.8 Å². The van der Waals surface area contributed by atoms with E-state index in [0.717, 1.165) is 16.9 Å². The maximum atomic E-state index is 12.6. The Morgan fingerprint density at radius 3 is 2.42 bits per heavy atom. The van der Waals surface area contributed by atoms with Crippen molar-refractivity contribution >= 4 is 51.4 Å². The van der Waals surface area contributed by atoms with Crippen molar-refractivity contribution in [1.29, 1.82) is 0 Å². The maximum absolute atomic E-state index is 12.6. The van der Waals surface area contributed by atoms with Crippen molar-refractivity contribution in [3.05, 3.63) is 62.3 Å². The molecule has 24 heavy (non-hydrogen) atoms. The molecule has 2 heterocycles. The summed E-state index contributed by atoms with van der Waals surface area (Å²) in [4.78, 5) is 38.5. The van der Waals surface area contributed by atoms with Gasteiger partial charge in [0.15, 0.2) is 0 Å². The minimum atomic E-state index is -1.34. The lowest BCUT2D eigenvalue weighted by Gasteiger charge is -2.00. The van der Waals surface area contributed by atoms with Gasteiger partial charge in [-0.2, -0.15) is 0 Å². The number of nitrogen functional groups attached to an aromatic ring is 1. The summed E-state index contributed by atoms with van der Waals surface area (Å²) in [5.41, 5.74) is 6.56. The van der Waals surface area contributed by atoms with E-state index in [-0.39, 0.29) is 28.8 Å². The number of aromatic carboxylic acids is 1. The SMILES string of the molecule is Cc1ccc(C(=O)c2sc3[nH]c(=O)c(C(=O)O)cc3c2N)cc1.Cl. The smallest absolute Gasteiger partial charge is 0.341 e. The van der Waals surface area contributed by atoms with Crippen molar-refractivity contribution in [2.24, 2.45) is 0 Å². The second-order valence-electron chi connectivity index (χ2n) is 5.10. The van der Waals surface area contributed by atoms with E-state index in [1.54, 1.807) is 12.1 Å². The zero-order chi connectivity index (χ0) is 16.7. The van der Waals surface area contributed by atoms with Crippen LogP contribution in [-0.2, 0) is 0 Å². The molecule has 4 N–H and O–H groups in total. The molecular formula is C16H13ClN2O4S. The van der Waals surface area contributed by atoms with Crippen LogP contribution in [-0.4, -0.2) is 21.8 Å². The van der Waals surface area contributed by atoms with Crippen LogP contribution in [0.5, 0.6) is 0 Å². The zero-order valence-electron chi connectivity index (χ0n) is 12.5. The van der Waals surface area contributed by atoms with Crippen molar-refractivity contribution in [3.8, 4) is 0 Å². The number of thiophene rings is 1. The van der Waals surface area contributed by atoms with Crippen molar-refractivity contribution in [1.82, 2.24) is 4.98 Å². The molecule has 0 aliphatic rings. The number of benzene rings is 1. The number of carboxylic acids is 1. The van der Waals surface area contributed by atoms with Gasteiger partial charge in [0.25, 0.3) is 5.56 Å². The van der Waals surface area contributed by atoms with Crippen LogP contribution in [0.3, 0.4) is 0 Å². The summed E-state index contributed by atoms with van der Waals surface area (Å²) in [5, 5.41) is 9.38. The van der Waals surface area contributed by atoms with Crippen LogP contribution in [0.15, 0.2) is 35.1 Å². The van der Waals surface area contributed by atoms with E-state index in [9.17, 15) is 14.4 Å². The molecule has 0 saturated carbocycles. The van der Waals surface area contributed by atoms with Gasteiger partial charge in [-0.05, 0) is 13.0 Å². The molecule has 0 fully saturated rings. The van der Waals surface area contributed by atoms with E-state index in [4.69, 9.17) is 10.8 Å². The average Bonchev–Trinajstić information content (AvgIpc) is 2.82. The van der Waals surface area contributed by atoms with Gasteiger partial charge in [-0.3, -0.25) is 9.59 Å². The highest BCUT2D eigenvalue weighted by Crippen LogP contribution is 2.33. The van der Waals surface area contributed by atoms with Gasteiger partial charge in [-0.25, -0.2) is 4.79 Å². The van der Waals surface area contributed by atoms with Crippen LogP contribution in [0.4, 0.5) is 5.69 Å². The Morgan fingerprint density at radius 2 is 1.83 bits per heavy atom. The van der Waals surface area contributed by atoms with Crippen LogP contribution in [0, 0.1) is 6.92 Å². The van der Waals surface area contributed by atoms with Gasteiger partial charge in [0.05, 0.1) is 5.69 Å². The number of nitrogens with one attached hydrogen (secondary N) is 1. The van der Waals surface area contributed by atoms with Gasteiger partial charge in [0.2, 0.25) is 5.78 Å². The molecule has 6 nitrogen and oxygen atoms in total. The average molecular weight is 365 g/mol. The fourth-order valence-electron chi connectivity index (χ4n) is 2.24. The highest BCUT2D eigenvalue weighted by atomic mass is 35.5. The first-order chi connectivity index (χ1) is 10.9.